The molecule has 0 saturated carbocycles. The summed E-state index contributed by atoms with van der Waals surface area (Å²) in [5, 5.41) is 3.14. The number of piperidine rings is 1. The average molecular weight is 381 g/mol. The molecular formula is C23H28FN3O. The van der Waals surface area contributed by atoms with Crippen molar-refractivity contribution in [1.82, 2.24) is 10.2 Å². The van der Waals surface area contributed by atoms with Crippen molar-refractivity contribution < 1.29 is 9.18 Å². The number of likely N-dealkylation sites (tertiary alicyclic amines) is 1. The Labute approximate surface area is 166 Å². The molecule has 1 N–H and O–H groups in total. The zero-order valence-electron chi connectivity index (χ0n) is 16.2. The number of anilines is 1. The van der Waals surface area contributed by atoms with E-state index in [1.165, 1.54) is 23.4 Å². The summed E-state index contributed by atoms with van der Waals surface area (Å²) in [4.78, 5) is 17.2. The summed E-state index contributed by atoms with van der Waals surface area (Å²) in [7, 11) is 0. The number of para-hydroxylation sites is 1. The van der Waals surface area contributed by atoms with E-state index >= 15 is 0 Å². The van der Waals surface area contributed by atoms with Crippen LogP contribution in [0.1, 0.15) is 24.0 Å². The van der Waals surface area contributed by atoms with Gasteiger partial charge in [0.2, 0.25) is 5.91 Å². The van der Waals surface area contributed by atoms with Crippen molar-refractivity contribution in [2.75, 3.05) is 37.6 Å². The van der Waals surface area contributed by atoms with Crippen LogP contribution in [0.25, 0.3) is 0 Å². The quantitative estimate of drug-likeness (QED) is 0.835. The molecule has 5 heteroatoms. The highest BCUT2D eigenvalue weighted by Crippen LogP contribution is 2.26. The molecule has 4 rings (SSSR count). The first-order valence-corrected chi connectivity index (χ1v) is 10.3. The lowest BCUT2D eigenvalue weighted by atomic mass is 9.95. The highest BCUT2D eigenvalue weighted by molar-refractivity contribution is 5.78. The Morgan fingerprint density at radius 3 is 2.57 bits per heavy atom. The second kappa shape index (κ2) is 8.74. The molecule has 0 atom stereocenters. The lowest BCUT2D eigenvalue weighted by Gasteiger charge is -2.31. The lowest BCUT2D eigenvalue weighted by Crippen LogP contribution is -2.42. The van der Waals surface area contributed by atoms with E-state index in [1.807, 2.05) is 12.1 Å². The molecule has 0 bridgehead atoms. The minimum Gasteiger partial charge on any atom is -0.369 e. The Bertz CT molecular complexity index is 800. The lowest BCUT2D eigenvalue weighted by molar-refractivity contribution is -0.126. The van der Waals surface area contributed by atoms with Crippen molar-refractivity contribution in [3.8, 4) is 0 Å². The molecule has 4 nitrogen and oxygen atoms in total. The first kappa shape index (κ1) is 18.9. The molecule has 0 spiro atoms. The molecule has 0 aliphatic carbocycles. The van der Waals surface area contributed by atoms with E-state index in [9.17, 15) is 9.18 Å². The Kier molecular flexibility index (Phi) is 5.91. The van der Waals surface area contributed by atoms with Gasteiger partial charge in [-0.15, -0.1) is 0 Å². The van der Waals surface area contributed by atoms with Gasteiger partial charge in [-0.05, 0) is 61.7 Å². The van der Waals surface area contributed by atoms with Gasteiger partial charge in [0.25, 0.3) is 0 Å². The first-order valence-electron chi connectivity index (χ1n) is 10.3. The molecule has 2 aromatic carbocycles. The third-order valence-electron chi connectivity index (χ3n) is 5.94. The molecule has 0 radical (unpaired) electrons. The highest BCUT2D eigenvalue weighted by atomic mass is 19.1. The van der Waals surface area contributed by atoms with Gasteiger partial charge in [0.15, 0.2) is 0 Å². The fourth-order valence-electron chi connectivity index (χ4n) is 4.30. The van der Waals surface area contributed by atoms with Crippen LogP contribution in [-0.4, -0.2) is 43.5 Å². The molecule has 1 saturated heterocycles. The molecule has 2 aromatic rings. The fraction of sp³-hybridized carbons (Fsp3) is 0.435. The number of nitrogens with zero attached hydrogens (tertiary/aromatic N) is 2. The van der Waals surface area contributed by atoms with Crippen LogP contribution >= 0.6 is 0 Å². The van der Waals surface area contributed by atoms with Crippen LogP contribution in [0.5, 0.6) is 0 Å². The monoisotopic (exact) mass is 381 g/mol. The van der Waals surface area contributed by atoms with Gasteiger partial charge in [-0.3, -0.25) is 9.69 Å². The zero-order chi connectivity index (χ0) is 19.3. The summed E-state index contributed by atoms with van der Waals surface area (Å²) in [6.45, 7) is 5.25. The predicted octanol–water partition coefficient (Wildman–Crippen LogP) is 3.22. The van der Waals surface area contributed by atoms with Crippen LogP contribution in [0, 0.1) is 11.7 Å². The predicted molar refractivity (Wildman–Crippen MR) is 110 cm³/mol. The molecule has 28 heavy (non-hydrogen) atoms. The summed E-state index contributed by atoms with van der Waals surface area (Å²) >= 11 is 0. The van der Waals surface area contributed by atoms with Crippen molar-refractivity contribution in [3.05, 3.63) is 65.5 Å². The zero-order valence-corrected chi connectivity index (χ0v) is 16.2. The van der Waals surface area contributed by atoms with Gasteiger partial charge in [-0.2, -0.15) is 0 Å². The Morgan fingerprint density at radius 1 is 1.04 bits per heavy atom. The summed E-state index contributed by atoms with van der Waals surface area (Å²) in [5.41, 5.74) is 3.84. The average Bonchev–Trinajstić information content (AvgIpc) is 3.13. The van der Waals surface area contributed by atoms with E-state index in [0.717, 1.165) is 57.5 Å². The van der Waals surface area contributed by atoms with E-state index < -0.39 is 0 Å². The molecule has 0 unspecified atom stereocenters. The number of carbonyl (C=O) groups is 1. The fourth-order valence-corrected chi connectivity index (χ4v) is 4.30. The summed E-state index contributed by atoms with van der Waals surface area (Å²) in [6.07, 6.45) is 2.87. The second-order valence-electron chi connectivity index (χ2n) is 7.83. The van der Waals surface area contributed by atoms with Crippen molar-refractivity contribution in [2.45, 2.75) is 25.8 Å². The van der Waals surface area contributed by atoms with Crippen molar-refractivity contribution in [1.29, 1.82) is 0 Å². The minimum atomic E-state index is -0.198. The maximum absolute atomic E-state index is 13.0. The number of carbonyl (C=O) groups excluding carboxylic acids is 1. The third-order valence-corrected chi connectivity index (χ3v) is 5.94. The van der Waals surface area contributed by atoms with E-state index in [1.54, 1.807) is 0 Å². The normalized spacial score (nSPS) is 17.5. The molecule has 2 aliphatic heterocycles. The van der Waals surface area contributed by atoms with Crippen LogP contribution < -0.4 is 10.2 Å². The van der Waals surface area contributed by atoms with E-state index in [0.29, 0.717) is 6.54 Å². The first-order chi connectivity index (χ1) is 13.7. The van der Waals surface area contributed by atoms with E-state index in [4.69, 9.17) is 0 Å². The van der Waals surface area contributed by atoms with Crippen molar-refractivity contribution in [3.63, 3.8) is 0 Å². The molecule has 2 heterocycles. The summed E-state index contributed by atoms with van der Waals surface area (Å²) in [6, 6.07) is 15.2. The van der Waals surface area contributed by atoms with Crippen LogP contribution in [0.2, 0.25) is 0 Å². The van der Waals surface area contributed by atoms with E-state index in [-0.39, 0.29) is 17.6 Å². The van der Waals surface area contributed by atoms with Gasteiger partial charge in [-0.1, -0.05) is 30.3 Å². The number of amides is 1. The highest BCUT2D eigenvalue weighted by Gasteiger charge is 2.25. The topological polar surface area (TPSA) is 35.6 Å². The summed E-state index contributed by atoms with van der Waals surface area (Å²) in [5.74, 6) is 0.0980. The molecule has 0 aromatic heterocycles. The van der Waals surface area contributed by atoms with Crippen LogP contribution in [-0.2, 0) is 17.8 Å². The maximum Gasteiger partial charge on any atom is 0.223 e. The molecule has 1 amide bonds. The third kappa shape index (κ3) is 4.53. The van der Waals surface area contributed by atoms with Gasteiger partial charge in [0.1, 0.15) is 5.82 Å². The number of benzene rings is 2. The van der Waals surface area contributed by atoms with Gasteiger partial charge < -0.3 is 10.2 Å². The Morgan fingerprint density at radius 2 is 1.79 bits per heavy atom. The molecular weight excluding hydrogens is 353 g/mol. The number of halogens is 1. The maximum atomic E-state index is 13.0. The van der Waals surface area contributed by atoms with Gasteiger partial charge in [-0.25, -0.2) is 4.39 Å². The van der Waals surface area contributed by atoms with Crippen LogP contribution in [0.4, 0.5) is 10.1 Å². The minimum absolute atomic E-state index is 0.107. The van der Waals surface area contributed by atoms with E-state index in [2.05, 4.69) is 39.4 Å². The van der Waals surface area contributed by atoms with Crippen LogP contribution in [0.15, 0.2) is 48.5 Å². The van der Waals surface area contributed by atoms with Gasteiger partial charge in [0, 0.05) is 37.8 Å². The largest absolute Gasteiger partial charge is 0.369 e. The second-order valence-corrected chi connectivity index (χ2v) is 7.83. The number of rotatable bonds is 6. The summed E-state index contributed by atoms with van der Waals surface area (Å²) < 4.78 is 13.0. The smallest absolute Gasteiger partial charge is 0.223 e. The van der Waals surface area contributed by atoms with Crippen molar-refractivity contribution in [2.24, 2.45) is 5.92 Å². The Hall–Kier alpha value is -2.40. The number of hydrogen-bond donors (Lipinski definition) is 1. The SMILES string of the molecule is O=C(NCCN1CCc2ccccc21)C1CCN(Cc2ccc(F)cc2)CC1. The number of hydrogen-bond acceptors (Lipinski definition) is 3. The molecule has 2 aliphatic rings. The van der Waals surface area contributed by atoms with Crippen molar-refractivity contribution >= 4 is 11.6 Å². The molecule has 148 valence electrons. The number of fused-ring (bicyclic) bond motifs is 1. The Balaban J connectivity index is 1.18. The standard InChI is InChI=1S/C23H28FN3O/c24-21-7-5-18(6-8-21)17-26-13-9-20(10-14-26)23(28)25-12-16-27-15-11-19-3-1-2-4-22(19)27/h1-8,20H,9-17H2,(H,25,28). The number of nitrogens with one attached hydrogen (secondary N) is 1. The van der Waals surface area contributed by atoms with Gasteiger partial charge >= 0.3 is 0 Å². The van der Waals surface area contributed by atoms with Gasteiger partial charge in [0.05, 0.1) is 0 Å². The molecule has 1 fully saturated rings. The van der Waals surface area contributed by atoms with Crippen LogP contribution in [0.3, 0.4) is 0 Å².